The van der Waals surface area contributed by atoms with Gasteiger partial charge in [0.1, 0.15) is 22.6 Å². The second-order valence-electron chi connectivity index (χ2n) is 14.5. The SMILES string of the molecule is CC[C@H](C)C(NC(=O)[C@H]1CCCCN1C)C(=O)N(C)[C@H](CC(OC(C)=O)c1nc(C(=O)N[C@@H](Cc2ccc(F)cc2)C[C@H](C)C(=O)O)cs1)C(C)C. The van der Waals surface area contributed by atoms with E-state index in [1.165, 1.54) is 19.1 Å². The Morgan fingerprint density at radius 2 is 1.75 bits per heavy atom. The summed E-state index contributed by atoms with van der Waals surface area (Å²) < 4.78 is 19.2. The number of esters is 1. The fraction of sp³-hybridized carbons (Fsp3) is 0.632. The van der Waals surface area contributed by atoms with E-state index in [2.05, 4.69) is 15.6 Å². The highest BCUT2D eigenvalue weighted by Crippen LogP contribution is 2.31. The van der Waals surface area contributed by atoms with E-state index >= 15 is 0 Å². The highest BCUT2D eigenvalue weighted by molar-refractivity contribution is 7.09. The van der Waals surface area contributed by atoms with Gasteiger partial charge in [-0.1, -0.05) is 59.6 Å². The number of hydrogen-bond acceptors (Lipinski definition) is 9. The van der Waals surface area contributed by atoms with Crippen LogP contribution in [0, 0.1) is 23.6 Å². The largest absolute Gasteiger partial charge is 0.481 e. The normalized spacial score (nSPS) is 18.4. The van der Waals surface area contributed by atoms with E-state index in [-0.39, 0.29) is 54.6 Å². The molecule has 3 rings (SSSR count). The molecule has 7 atom stereocenters. The molecule has 12 nitrogen and oxygen atoms in total. The second kappa shape index (κ2) is 19.8. The molecule has 0 bridgehead atoms. The van der Waals surface area contributed by atoms with Gasteiger partial charge in [-0.3, -0.25) is 28.9 Å². The van der Waals surface area contributed by atoms with Crippen LogP contribution in [-0.2, 0) is 30.3 Å². The molecule has 2 heterocycles. The van der Waals surface area contributed by atoms with E-state index in [1.54, 1.807) is 36.4 Å². The fourth-order valence-electron chi connectivity index (χ4n) is 6.64. The number of halogens is 1. The highest BCUT2D eigenvalue weighted by atomic mass is 32.1. The molecule has 1 fully saturated rings. The van der Waals surface area contributed by atoms with Crippen molar-refractivity contribution in [2.24, 2.45) is 17.8 Å². The van der Waals surface area contributed by atoms with Gasteiger partial charge in [-0.25, -0.2) is 9.37 Å². The van der Waals surface area contributed by atoms with Gasteiger partial charge in [-0.2, -0.15) is 0 Å². The van der Waals surface area contributed by atoms with Crippen LogP contribution in [0.4, 0.5) is 4.39 Å². The number of nitrogens with zero attached hydrogens (tertiary/aromatic N) is 3. The number of likely N-dealkylation sites (N-methyl/N-ethyl adjacent to an activating group) is 2. The Balaban J connectivity index is 1.81. The van der Waals surface area contributed by atoms with Crippen molar-refractivity contribution in [2.45, 2.75) is 117 Å². The number of nitrogens with one attached hydrogen (secondary N) is 2. The van der Waals surface area contributed by atoms with E-state index in [9.17, 15) is 33.5 Å². The number of carbonyl (C=O) groups is 5. The van der Waals surface area contributed by atoms with Gasteiger partial charge in [0, 0.05) is 37.9 Å². The van der Waals surface area contributed by atoms with Crippen molar-refractivity contribution in [2.75, 3.05) is 20.6 Å². The van der Waals surface area contributed by atoms with Gasteiger partial charge in [-0.05, 0) is 68.8 Å². The third-order valence-corrected chi connectivity index (χ3v) is 11.0. The number of carbonyl (C=O) groups excluding carboxylic acids is 4. The molecule has 0 aliphatic carbocycles. The molecule has 2 unspecified atom stereocenters. The number of thiazole rings is 1. The maximum Gasteiger partial charge on any atom is 0.306 e. The number of piperidine rings is 1. The number of aromatic nitrogens is 1. The quantitative estimate of drug-likeness (QED) is 0.174. The Kier molecular flexibility index (Phi) is 16.2. The van der Waals surface area contributed by atoms with Crippen LogP contribution >= 0.6 is 11.3 Å². The predicted octanol–water partition coefficient (Wildman–Crippen LogP) is 5.23. The van der Waals surface area contributed by atoms with E-state index in [4.69, 9.17) is 4.74 Å². The zero-order valence-corrected chi connectivity index (χ0v) is 32.5. The average Bonchev–Trinajstić information content (AvgIpc) is 3.59. The molecule has 52 heavy (non-hydrogen) atoms. The van der Waals surface area contributed by atoms with Gasteiger partial charge in [0.15, 0.2) is 6.10 Å². The van der Waals surface area contributed by atoms with Crippen molar-refractivity contribution in [1.82, 2.24) is 25.4 Å². The summed E-state index contributed by atoms with van der Waals surface area (Å²) in [5.74, 6) is -3.83. The summed E-state index contributed by atoms with van der Waals surface area (Å²) >= 11 is 1.14. The lowest BCUT2D eigenvalue weighted by molar-refractivity contribution is -0.149. The third kappa shape index (κ3) is 12.1. The van der Waals surface area contributed by atoms with Gasteiger partial charge in [0.05, 0.1) is 12.0 Å². The molecule has 288 valence electrons. The fourth-order valence-corrected chi connectivity index (χ4v) is 7.48. The molecule has 3 N–H and O–H groups in total. The monoisotopic (exact) mass is 745 g/mol. The topological polar surface area (TPSA) is 158 Å². The Morgan fingerprint density at radius 3 is 2.33 bits per heavy atom. The van der Waals surface area contributed by atoms with Crippen LogP contribution in [0.3, 0.4) is 0 Å². The number of aliphatic carboxylic acids is 1. The molecule has 0 spiro atoms. The molecule has 3 amide bonds. The lowest BCUT2D eigenvalue weighted by atomic mass is 9.92. The molecule has 0 radical (unpaired) electrons. The lowest BCUT2D eigenvalue weighted by Gasteiger charge is -2.38. The summed E-state index contributed by atoms with van der Waals surface area (Å²) in [7, 11) is 3.63. The first-order valence-electron chi connectivity index (χ1n) is 18.2. The van der Waals surface area contributed by atoms with Gasteiger partial charge < -0.3 is 25.4 Å². The van der Waals surface area contributed by atoms with Crippen molar-refractivity contribution < 1.29 is 38.2 Å². The molecule has 1 saturated heterocycles. The standard InChI is InChI=1S/C38H56FN5O7S/c1-9-23(4)33(42-35(47)30-12-10-11-17-43(30)7)37(48)44(8)31(22(2)3)20-32(51-25(6)45)36-41-29(21-52-36)34(46)40-28(18-24(5)38(49)50)19-26-13-15-27(39)16-14-26/h13-16,21-24,28,30-33H,9-12,17-20H2,1-8H3,(H,40,46)(H,42,47)(H,49,50)/t23-,24-,28+,30+,31+,32?,33?/m0/s1. The highest BCUT2D eigenvalue weighted by Gasteiger charge is 2.37. The number of amides is 3. The van der Waals surface area contributed by atoms with Crippen LogP contribution in [0.5, 0.6) is 0 Å². The molecule has 1 aromatic carbocycles. The van der Waals surface area contributed by atoms with Crippen molar-refractivity contribution in [3.8, 4) is 0 Å². The Morgan fingerprint density at radius 1 is 1.08 bits per heavy atom. The zero-order chi connectivity index (χ0) is 38.7. The Hall–Kier alpha value is -3.91. The molecule has 0 saturated carbocycles. The van der Waals surface area contributed by atoms with Gasteiger partial charge in [0.25, 0.3) is 5.91 Å². The van der Waals surface area contributed by atoms with E-state index in [1.807, 2.05) is 39.6 Å². The number of hydrogen-bond donors (Lipinski definition) is 3. The molecular formula is C38H56FN5O7S. The zero-order valence-electron chi connectivity index (χ0n) is 31.7. The molecule has 2 aromatic rings. The molecule has 1 aliphatic heterocycles. The summed E-state index contributed by atoms with van der Waals surface area (Å²) in [5.41, 5.74) is 0.801. The summed E-state index contributed by atoms with van der Waals surface area (Å²) in [5, 5.41) is 17.4. The summed E-state index contributed by atoms with van der Waals surface area (Å²) in [6, 6.07) is 3.76. The summed E-state index contributed by atoms with van der Waals surface area (Å²) in [4.78, 5) is 73.2. The third-order valence-electron chi connectivity index (χ3n) is 10.0. The van der Waals surface area contributed by atoms with Crippen LogP contribution in [0.15, 0.2) is 29.6 Å². The molecule has 1 aliphatic rings. The van der Waals surface area contributed by atoms with Crippen molar-refractivity contribution in [3.05, 3.63) is 51.7 Å². The minimum absolute atomic E-state index is 0.0713. The number of rotatable bonds is 18. The van der Waals surface area contributed by atoms with Gasteiger partial charge in [0.2, 0.25) is 11.8 Å². The van der Waals surface area contributed by atoms with Crippen LogP contribution in [0.1, 0.15) is 107 Å². The Bertz CT molecular complexity index is 1520. The van der Waals surface area contributed by atoms with E-state index in [0.717, 1.165) is 42.7 Å². The first-order valence-corrected chi connectivity index (χ1v) is 19.1. The van der Waals surface area contributed by atoms with Crippen LogP contribution < -0.4 is 10.6 Å². The smallest absolute Gasteiger partial charge is 0.306 e. The first kappa shape index (κ1) is 42.5. The summed E-state index contributed by atoms with van der Waals surface area (Å²) in [6.45, 7) is 11.5. The summed E-state index contributed by atoms with van der Waals surface area (Å²) in [6.07, 6.45) is 3.15. The van der Waals surface area contributed by atoms with Crippen LogP contribution in [0.2, 0.25) is 0 Å². The van der Waals surface area contributed by atoms with Crippen molar-refractivity contribution in [3.63, 3.8) is 0 Å². The number of carboxylic acids is 1. The van der Waals surface area contributed by atoms with Crippen molar-refractivity contribution in [1.29, 1.82) is 0 Å². The maximum atomic E-state index is 14.2. The average molecular weight is 746 g/mol. The first-order chi connectivity index (χ1) is 24.5. The molecular weight excluding hydrogens is 690 g/mol. The second-order valence-corrected chi connectivity index (χ2v) is 15.4. The number of benzene rings is 1. The number of likely N-dealkylation sites (tertiary alicyclic amines) is 1. The van der Waals surface area contributed by atoms with Crippen LogP contribution in [-0.4, -0.2) is 94.4 Å². The minimum atomic E-state index is -1.00. The Labute approximate surface area is 310 Å². The lowest BCUT2D eigenvalue weighted by Crippen LogP contribution is -2.58. The van der Waals surface area contributed by atoms with Crippen LogP contribution in [0.25, 0.3) is 0 Å². The maximum absolute atomic E-state index is 14.2. The molecule has 1 aromatic heterocycles. The van der Waals surface area contributed by atoms with Gasteiger partial charge >= 0.3 is 11.9 Å². The molecule has 14 heteroatoms. The van der Waals surface area contributed by atoms with E-state index in [0.29, 0.717) is 11.4 Å². The predicted molar refractivity (Wildman–Crippen MR) is 197 cm³/mol. The van der Waals surface area contributed by atoms with Crippen molar-refractivity contribution >= 4 is 41.0 Å². The van der Waals surface area contributed by atoms with Gasteiger partial charge in [-0.15, -0.1) is 11.3 Å². The number of ether oxygens (including phenoxy) is 1. The number of carboxylic acid groups (broad SMARTS) is 1. The van der Waals surface area contributed by atoms with E-state index < -0.39 is 53.8 Å². The minimum Gasteiger partial charge on any atom is -0.481 e.